The van der Waals surface area contributed by atoms with E-state index in [-0.39, 0.29) is 24.6 Å². The van der Waals surface area contributed by atoms with Crippen LogP contribution in [0.25, 0.3) is 10.2 Å². The lowest BCUT2D eigenvalue weighted by Gasteiger charge is -2.17. The molecule has 9 heteroatoms. The van der Waals surface area contributed by atoms with E-state index in [1.807, 2.05) is 45.0 Å². The molecule has 0 saturated heterocycles. The fourth-order valence-corrected chi connectivity index (χ4v) is 3.98. The predicted octanol–water partition coefficient (Wildman–Crippen LogP) is 3.71. The van der Waals surface area contributed by atoms with Crippen LogP contribution in [0, 0.1) is 0 Å². The summed E-state index contributed by atoms with van der Waals surface area (Å²) in [6.07, 6.45) is 0. The standard InChI is InChI=1S/C23H26N4O4S/c1-4-27(23-26-18-7-5-6-8-19(18)32-23)20(28)14-31-21(29)17-11-9-16(10-12-17)13-24-22(30)25-15(2)3/h5-12,15H,4,13-14H2,1-3H3,(H2,24,25,30). The van der Waals surface area contributed by atoms with E-state index in [1.54, 1.807) is 24.3 Å². The average molecular weight is 455 g/mol. The molecule has 3 aromatic rings. The summed E-state index contributed by atoms with van der Waals surface area (Å²) in [5.41, 5.74) is 1.99. The molecule has 3 rings (SSSR count). The molecule has 0 fully saturated rings. The minimum atomic E-state index is -0.587. The summed E-state index contributed by atoms with van der Waals surface area (Å²) in [4.78, 5) is 42.6. The summed E-state index contributed by atoms with van der Waals surface area (Å²) in [5.74, 6) is -0.923. The number of ether oxygens (including phenoxy) is 1. The van der Waals surface area contributed by atoms with Crippen molar-refractivity contribution in [3.05, 3.63) is 59.7 Å². The van der Waals surface area contributed by atoms with Crippen molar-refractivity contribution in [2.45, 2.75) is 33.4 Å². The molecule has 168 valence electrons. The van der Waals surface area contributed by atoms with Crippen LogP contribution in [0.4, 0.5) is 9.93 Å². The third-order valence-electron chi connectivity index (χ3n) is 4.52. The number of carbonyl (C=O) groups excluding carboxylic acids is 3. The van der Waals surface area contributed by atoms with Gasteiger partial charge in [0.05, 0.1) is 15.8 Å². The maximum atomic E-state index is 12.6. The van der Waals surface area contributed by atoms with E-state index in [4.69, 9.17) is 4.74 Å². The van der Waals surface area contributed by atoms with Crippen molar-refractivity contribution >= 4 is 44.6 Å². The second-order valence-electron chi connectivity index (χ2n) is 7.36. The second kappa shape index (κ2) is 10.7. The number of likely N-dealkylation sites (N-methyl/N-ethyl adjacent to an activating group) is 1. The molecule has 3 amide bonds. The zero-order valence-electron chi connectivity index (χ0n) is 18.3. The number of rotatable bonds is 8. The number of anilines is 1. The molecule has 0 spiro atoms. The first-order valence-electron chi connectivity index (χ1n) is 10.3. The Labute approximate surface area is 190 Å². The van der Waals surface area contributed by atoms with Crippen molar-refractivity contribution in [3.8, 4) is 0 Å². The molecule has 1 aromatic heterocycles. The molecule has 0 unspecified atom stereocenters. The van der Waals surface area contributed by atoms with Gasteiger partial charge in [0, 0.05) is 19.1 Å². The fraction of sp³-hybridized carbons (Fsp3) is 0.304. The predicted molar refractivity (Wildman–Crippen MR) is 125 cm³/mol. The van der Waals surface area contributed by atoms with Crippen molar-refractivity contribution in [2.75, 3.05) is 18.1 Å². The molecular weight excluding hydrogens is 428 g/mol. The third kappa shape index (κ3) is 6.04. The van der Waals surface area contributed by atoms with Crippen molar-refractivity contribution in [2.24, 2.45) is 0 Å². The zero-order chi connectivity index (χ0) is 23.1. The molecule has 0 atom stereocenters. The van der Waals surface area contributed by atoms with Crippen molar-refractivity contribution < 1.29 is 19.1 Å². The average Bonchev–Trinajstić information content (AvgIpc) is 3.20. The Morgan fingerprint density at radius 3 is 2.47 bits per heavy atom. The van der Waals surface area contributed by atoms with Gasteiger partial charge in [0.2, 0.25) is 0 Å². The fourth-order valence-electron chi connectivity index (χ4n) is 2.94. The van der Waals surface area contributed by atoms with E-state index in [9.17, 15) is 14.4 Å². The molecule has 0 saturated carbocycles. The van der Waals surface area contributed by atoms with Crippen LogP contribution in [0.3, 0.4) is 0 Å². The molecule has 1 heterocycles. The van der Waals surface area contributed by atoms with Crippen molar-refractivity contribution in [1.82, 2.24) is 15.6 Å². The number of nitrogens with zero attached hydrogens (tertiary/aromatic N) is 2. The lowest BCUT2D eigenvalue weighted by Crippen LogP contribution is -2.39. The van der Waals surface area contributed by atoms with Crippen LogP contribution in [-0.4, -0.2) is 42.1 Å². The van der Waals surface area contributed by atoms with Crippen molar-refractivity contribution in [3.63, 3.8) is 0 Å². The number of fused-ring (bicyclic) bond motifs is 1. The first-order valence-corrected chi connectivity index (χ1v) is 11.2. The number of hydrogen-bond acceptors (Lipinski definition) is 6. The zero-order valence-corrected chi connectivity index (χ0v) is 19.1. The normalized spacial score (nSPS) is 10.8. The highest BCUT2D eigenvalue weighted by Crippen LogP contribution is 2.28. The number of nitrogens with one attached hydrogen (secondary N) is 2. The van der Waals surface area contributed by atoms with Gasteiger partial charge in [-0.05, 0) is 50.6 Å². The van der Waals surface area contributed by atoms with Crippen LogP contribution in [0.15, 0.2) is 48.5 Å². The quantitative estimate of drug-likeness (QED) is 0.506. The SMILES string of the molecule is CCN(C(=O)COC(=O)c1ccc(CNC(=O)NC(C)C)cc1)c1nc2ccccc2s1. The maximum Gasteiger partial charge on any atom is 0.338 e. The van der Waals surface area contributed by atoms with Gasteiger partial charge in [0.1, 0.15) is 0 Å². The largest absolute Gasteiger partial charge is 0.452 e. The molecule has 8 nitrogen and oxygen atoms in total. The van der Waals surface area contributed by atoms with Crippen LogP contribution in [0.2, 0.25) is 0 Å². The summed E-state index contributed by atoms with van der Waals surface area (Å²) >= 11 is 1.42. The number of amides is 3. The number of aromatic nitrogens is 1. The first kappa shape index (κ1) is 23.2. The summed E-state index contributed by atoms with van der Waals surface area (Å²) in [7, 11) is 0. The number of benzene rings is 2. The van der Waals surface area contributed by atoms with Gasteiger partial charge in [-0.3, -0.25) is 9.69 Å². The Morgan fingerprint density at radius 2 is 1.81 bits per heavy atom. The minimum Gasteiger partial charge on any atom is -0.452 e. The van der Waals surface area contributed by atoms with E-state index >= 15 is 0 Å². The Kier molecular flexibility index (Phi) is 7.77. The van der Waals surface area contributed by atoms with Crippen LogP contribution >= 0.6 is 11.3 Å². The first-order chi connectivity index (χ1) is 15.4. The highest BCUT2D eigenvalue weighted by molar-refractivity contribution is 7.22. The Bertz CT molecular complexity index is 1060. The summed E-state index contributed by atoms with van der Waals surface area (Å²) in [5, 5.41) is 6.06. The highest BCUT2D eigenvalue weighted by Gasteiger charge is 2.20. The Balaban J connectivity index is 1.53. The van der Waals surface area contributed by atoms with Gasteiger partial charge in [-0.25, -0.2) is 14.6 Å². The number of hydrogen-bond donors (Lipinski definition) is 2. The van der Waals surface area contributed by atoms with Gasteiger partial charge in [-0.1, -0.05) is 35.6 Å². The number of urea groups is 1. The minimum absolute atomic E-state index is 0.0492. The van der Waals surface area contributed by atoms with E-state index in [0.29, 0.717) is 23.8 Å². The summed E-state index contributed by atoms with van der Waals surface area (Å²) in [6, 6.07) is 14.1. The molecule has 32 heavy (non-hydrogen) atoms. The molecule has 2 aromatic carbocycles. The Hall–Kier alpha value is -3.46. The van der Waals surface area contributed by atoms with Crippen molar-refractivity contribution in [1.29, 1.82) is 0 Å². The van der Waals surface area contributed by atoms with Gasteiger partial charge in [-0.2, -0.15) is 0 Å². The molecule has 2 N–H and O–H groups in total. The topological polar surface area (TPSA) is 101 Å². The Morgan fingerprint density at radius 1 is 1.09 bits per heavy atom. The summed E-state index contributed by atoms with van der Waals surface area (Å²) < 4.78 is 6.20. The van der Waals surface area contributed by atoms with Crippen LogP contribution in [-0.2, 0) is 16.1 Å². The van der Waals surface area contributed by atoms with E-state index in [1.165, 1.54) is 16.2 Å². The van der Waals surface area contributed by atoms with Gasteiger partial charge in [0.25, 0.3) is 5.91 Å². The number of para-hydroxylation sites is 1. The highest BCUT2D eigenvalue weighted by atomic mass is 32.1. The van der Waals surface area contributed by atoms with Crippen LogP contribution in [0.5, 0.6) is 0 Å². The molecule has 0 bridgehead atoms. The van der Waals surface area contributed by atoms with Gasteiger partial charge >= 0.3 is 12.0 Å². The molecule has 0 aliphatic rings. The number of carbonyl (C=O) groups is 3. The van der Waals surface area contributed by atoms with E-state index in [2.05, 4.69) is 15.6 Å². The van der Waals surface area contributed by atoms with Gasteiger partial charge in [0.15, 0.2) is 11.7 Å². The molecular formula is C23H26N4O4S. The van der Waals surface area contributed by atoms with E-state index < -0.39 is 5.97 Å². The lowest BCUT2D eigenvalue weighted by atomic mass is 10.1. The number of esters is 1. The number of thiazole rings is 1. The third-order valence-corrected chi connectivity index (χ3v) is 5.58. The molecule has 0 aliphatic carbocycles. The van der Waals surface area contributed by atoms with E-state index in [0.717, 1.165) is 15.8 Å². The monoisotopic (exact) mass is 454 g/mol. The van der Waals surface area contributed by atoms with Gasteiger partial charge in [-0.15, -0.1) is 0 Å². The van der Waals surface area contributed by atoms with Crippen LogP contribution in [0.1, 0.15) is 36.7 Å². The second-order valence-corrected chi connectivity index (χ2v) is 8.37. The smallest absolute Gasteiger partial charge is 0.338 e. The lowest BCUT2D eigenvalue weighted by molar-refractivity contribution is -0.121. The van der Waals surface area contributed by atoms with Crippen LogP contribution < -0.4 is 15.5 Å². The molecule has 0 radical (unpaired) electrons. The van der Waals surface area contributed by atoms with Gasteiger partial charge < -0.3 is 15.4 Å². The molecule has 0 aliphatic heterocycles. The maximum absolute atomic E-state index is 12.6. The summed E-state index contributed by atoms with van der Waals surface area (Å²) in [6.45, 7) is 5.98.